The number of aromatic nitrogens is 1. The van der Waals surface area contributed by atoms with Gasteiger partial charge in [0, 0.05) is 61.8 Å². The highest BCUT2D eigenvalue weighted by Crippen LogP contribution is 2.45. The molecule has 2 aliphatic heterocycles. The molecule has 3 aromatic rings. The number of hydrogen-bond donors (Lipinski definition) is 2. The summed E-state index contributed by atoms with van der Waals surface area (Å²) in [5, 5.41) is 4.10. The van der Waals surface area contributed by atoms with Crippen molar-refractivity contribution in [3.63, 3.8) is 0 Å². The highest BCUT2D eigenvalue weighted by atomic mass is 16.2. The van der Waals surface area contributed by atoms with Crippen molar-refractivity contribution in [1.82, 2.24) is 20.1 Å². The zero-order valence-corrected chi connectivity index (χ0v) is 19.4. The van der Waals surface area contributed by atoms with E-state index in [-0.39, 0.29) is 23.1 Å². The van der Waals surface area contributed by atoms with Crippen molar-refractivity contribution in [2.75, 3.05) is 32.7 Å². The van der Waals surface area contributed by atoms with Gasteiger partial charge in [0.15, 0.2) is 0 Å². The fourth-order valence-corrected chi connectivity index (χ4v) is 5.42. The number of fused-ring (bicyclic) bond motifs is 1. The molecule has 2 N–H and O–H groups in total. The Morgan fingerprint density at radius 1 is 1.06 bits per heavy atom. The van der Waals surface area contributed by atoms with Gasteiger partial charge in [0.25, 0.3) is 5.91 Å². The van der Waals surface area contributed by atoms with E-state index in [2.05, 4.69) is 53.3 Å². The molecule has 6 nitrogen and oxygen atoms in total. The van der Waals surface area contributed by atoms with Crippen molar-refractivity contribution < 1.29 is 9.59 Å². The lowest BCUT2D eigenvalue weighted by Gasteiger charge is -2.50. The molecular weight excluding hydrogens is 412 g/mol. The van der Waals surface area contributed by atoms with E-state index in [0.29, 0.717) is 31.1 Å². The monoisotopic (exact) mass is 444 g/mol. The normalized spacial score (nSPS) is 19.8. The summed E-state index contributed by atoms with van der Waals surface area (Å²) in [5.41, 5.74) is 2.75. The van der Waals surface area contributed by atoms with Gasteiger partial charge in [0.1, 0.15) is 0 Å². The Balaban J connectivity index is 1.33. The van der Waals surface area contributed by atoms with Crippen LogP contribution in [0, 0.1) is 17.3 Å². The third kappa shape index (κ3) is 4.15. The largest absolute Gasteiger partial charge is 0.360 e. The first-order valence-electron chi connectivity index (χ1n) is 11.8. The van der Waals surface area contributed by atoms with Gasteiger partial charge >= 0.3 is 0 Å². The van der Waals surface area contributed by atoms with Gasteiger partial charge in [-0.25, -0.2) is 0 Å². The van der Waals surface area contributed by atoms with Gasteiger partial charge in [-0.2, -0.15) is 0 Å². The van der Waals surface area contributed by atoms with E-state index in [4.69, 9.17) is 0 Å². The second-order valence-corrected chi connectivity index (χ2v) is 10.1. The van der Waals surface area contributed by atoms with Crippen LogP contribution in [0.25, 0.3) is 10.9 Å². The first-order valence-corrected chi connectivity index (χ1v) is 11.8. The zero-order valence-electron chi connectivity index (χ0n) is 19.4. The minimum Gasteiger partial charge on any atom is -0.360 e. The Kier molecular flexibility index (Phi) is 5.71. The SMILES string of the molecule is CC(C)CNC(=O)C1CN(Cc2ccccc2)CC12CN(C(=O)c1c[nH]c3ccccc13)C2. The fraction of sp³-hybridized carbons (Fsp3) is 0.407. The van der Waals surface area contributed by atoms with Crippen LogP contribution in [0.5, 0.6) is 0 Å². The first kappa shape index (κ1) is 21.7. The molecule has 2 aromatic carbocycles. The third-order valence-corrected chi connectivity index (χ3v) is 7.09. The number of amides is 2. The van der Waals surface area contributed by atoms with Crippen molar-refractivity contribution in [1.29, 1.82) is 0 Å². The van der Waals surface area contributed by atoms with Gasteiger partial charge in [-0.05, 0) is 17.5 Å². The zero-order chi connectivity index (χ0) is 23.0. The quantitative estimate of drug-likeness (QED) is 0.611. The van der Waals surface area contributed by atoms with Crippen LogP contribution in [-0.2, 0) is 11.3 Å². The summed E-state index contributed by atoms with van der Waals surface area (Å²) in [5.74, 6) is 0.472. The molecule has 3 heterocycles. The van der Waals surface area contributed by atoms with Gasteiger partial charge in [-0.15, -0.1) is 0 Å². The molecule has 1 atom stereocenters. The van der Waals surface area contributed by atoms with Gasteiger partial charge in [-0.1, -0.05) is 62.4 Å². The molecule has 0 aliphatic carbocycles. The van der Waals surface area contributed by atoms with Crippen molar-refractivity contribution in [2.24, 2.45) is 17.3 Å². The average molecular weight is 445 g/mol. The molecule has 1 aromatic heterocycles. The van der Waals surface area contributed by atoms with Crippen LogP contribution in [0.1, 0.15) is 29.8 Å². The molecule has 2 aliphatic rings. The number of likely N-dealkylation sites (tertiary alicyclic amines) is 2. The maximum atomic E-state index is 13.3. The molecule has 5 rings (SSSR count). The maximum Gasteiger partial charge on any atom is 0.256 e. The number of H-pyrrole nitrogens is 1. The van der Waals surface area contributed by atoms with Gasteiger partial charge in [0.2, 0.25) is 5.91 Å². The predicted octanol–water partition coefficient (Wildman–Crippen LogP) is 3.51. The summed E-state index contributed by atoms with van der Waals surface area (Å²) in [4.78, 5) is 34.0. The predicted molar refractivity (Wildman–Crippen MR) is 130 cm³/mol. The summed E-state index contributed by atoms with van der Waals surface area (Å²) in [7, 11) is 0. The lowest BCUT2D eigenvalue weighted by Crippen LogP contribution is -2.64. The van der Waals surface area contributed by atoms with E-state index in [1.807, 2.05) is 35.2 Å². The van der Waals surface area contributed by atoms with Gasteiger partial charge < -0.3 is 15.2 Å². The fourth-order valence-electron chi connectivity index (χ4n) is 5.42. The summed E-state index contributed by atoms with van der Waals surface area (Å²) in [6.07, 6.45) is 1.81. The van der Waals surface area contributed by atoms with Crippen LogP contribution in [0.2, 0.25) is 0 Å². The molecule has 2 fully saturated rings. The van der Waals surface area contributed by atoms with Crippen LogP contribution in [0.4, 0.5) is 0 Å². The molecule has 1 spiro atoms. The lowest BCUT2D eigenvalue weighted by atomic mass is 9.71. The number of nitrogens with one attached hydrogen (secondary N) is 2. The van der Waals surface area contributed by atoms with E-state index < -0.39 is 0 Å². The van der Waals surface area contributed by atoms with E-state index in [1.165, 1.54) is 5.56 Å². The number of hydrogen-bond acceptors (Lipinski definition) is 3. The Morgan fingerprint density at radius 3 is 2.55 bits per heavy atom. The number of para-hydroxylation sites is 1. The van der Waals surface area contributed by atoms with Crippen molar-refractivity contribution in [3.05, 3.63) is 71.9 Å². The van der Waals surface area contributed by atoms with Crippen molar-refractivity contribution in [3.8, 4) is 0 Å². The van der Waals surface area contributed by atoms with E-state index >= 15 is 0 Å². The Hall–Kier alpha value is -3.12. The molecule has 2 amide bonds. The second kappa shape index (κ2) is 8.67. The molecule has 0 saturated carbocycles. The van der Waals surface area contributed by atoms with Crippen LogP contribution >= 0.6 is 0 Å². The molecular formula is C27H32N4O2. The molecule has 33 heavy (non-hydrogen) atoms. The van der Waals surface area contributed by atoms with Crippen LogP contribution in [-0.4, -0.2) is 59.3 Å². The van der Waals surface area contributed by atoms with Crippen molar-refractivity contribution >= 4 is 22.7 Å². The Labute approximate surface area is 195 Å². The van der Waals surface area contributed by atoms with Gasteiger partial charge in [0.05, 0.1) is 11.5 Å². The smallest absolute Gasteiger partial charge is 0.256 e. The third-order valence-electron chi connectivity index (χ3n) is 7.09. The van der Waals surface area contributed by atoms with Crippen LogP contribution < -0.4 is 5.32 Å². The molecule has 0 bridgehead atoms. The number of rotatable bonds is 6. The number of aromatic amines is 1. The topological polar surface area (TPSA) is 68.4 Å². The summed E-state index contributed by atoms with van der Waals surface area (Å²) in [6.45, 7) is 8.53. The maximum absolute atomic E-state index is 13.3. The minimum absolute atomic E-state index is 0.0425. The highest BCUT2D eigenvalue weighted by molar-refractivity contribution is 6.07. The van der Waals surface area contributed by atoms with Crippen LogP contribution in [0.15, 0.2) is 60.8 Å². The van der Waals surface area contributed by atoms with E-state index in [1.54, 1.807) is 6.20 Å². The molecule has 2 saturated heterocycles. The minimum atomic E-state index is -0.183. The van der Waals surface area contributed by atoms with Crippen molar-refractivity contribution in [2.45, 2.75) is 20.4 Å². The molecule has 1 unspecified atom stereocenters. The number of carbonyl (C=O) groups excluding carboxylic acids is 2. The standard InChI is InChI=1S/C27H32N4O2/c1-19(2)12-29-25(32)23-15-30(14-20-8-4-3-5-9-20)16-27(23)17-31(18-27)26(33)22-13-28-24-11-7-6-10-21(22)24/h3-11,13,19,23,28H,12,14-18H2,1-2H3,(H,29,32). The molecule has 0 radical (unpaired) electrons. The summed E-state index contributed by atoms with van der Waals surface area (Å²) < 4.78 is 0. The molecule has 6 heteroatoms. The van der Waals surface area contributed by atoms with Gasteiger partial charge in [-0.3, -0.25) is 14.5 Å². The second-order valence-electron chi connectivity index (χ2n) is 10.1. The Morgan fingerprint density at radius 2 is 1.79 bits per heavy atom. The summed E-state index contributed by atoms with van der Waals surface area (Å²) >= 11 is 0. The number of nitrogens with zero attached hydrogens (tertiary/aromatic N) is 2. The van der Waals surface area contributed by atoms with E-state index in [9.17, 15) is 9.59 Å². The highest BCUT2D eigenvalue weighted by Gasteiger charge is 2.57. The van der Waals surface area contributed by atoms with E-state index in [0.717, 1.165) is 30.5 Å². The van der Waals surface area contributed by atoms with Crippen LogP contribution in [0.3, 0.4) is 0 Å². The summed E-state index contributed by atoms with van der Waals surface area (Å²) in [6, 6.07) is 18.3. The first-order chi connectivity index (χ1) is 15.9. The lowest BCUT2D eigenvalue weighted by molar-refractivity contribution is -0.131. The molecule has 172 valence electrons. The number of carbonyl (C=O) groups is 2. The Bertz CT molecular complexity index is 1150. The average Bonchev–Trinajstić information content (AvgIpc) is 3.39. The number of benzene rings is 2.